The average Bonchev–Trinajstić information content (AvgIpc) is 3.45. The Morgan fingerprint density at radius 3 is 2.77 bits per heavy atom. The third-order valence-corrected chi connectivity index (χ3v) is 6.22. The van der Waals surface area contributed by atoms with Gasteiger partial charge in [0, 0.05) is 37.0 Å². The molecule has 0 saturated heterocycles. The second-order valence-corrected chi connectivity index (χ2v) is 8.36. The molecule has 0 spiro atoms. The predicted molar refractivity (Wildman–Crippen MR) is 131 cm³/mol. The first kappa shape index (κ1) is 21.2. The quantitative estimate of drug-likeness (QED) is 0.397. The van der Waals surface area contributed by atoms with E-state index in [0.29, 0.717) is 30.7 Å². The van der Waals surface area contributed by atoms with Gasteiger partial charge in [0.2, 0.25) is 0 Å². The number of aromatic amines is 1. The van der Waals surface area contributed by atoms with Crippen molar-refractivity contribution in [2.45, 2.75) is 19.6 Å². The van der Waals surface area contributed by atoms with Crippen LogP contribution in [0.15, 0.2) is 71.8 Å². The molecule has 8 nitrogen and oxygen atoms in total. The largest absolute Gasteiger partial charge is 0.378 e. The van der Waals surface area contributed by atoms with Gasteiger partial charge in [0.05, 0.1) is 17.9 Å². The summed E-state index contributed by atoms with van der Waals surface area (Å²) < 4.78 is 22.3. The van der Waals surface area contributed by atoms with Crippen LogP contribution in [0.25, 0.3) is 38.7 Å². The van der Waals surface area contributed by atoms with Crippen molar-refractivity contribution >= 4 is 27.6 Å². The van der Waals surface area contributed by atoms with Gasteiger partial charge in [-0.05, 0) is 41.8 Å². The van der Waals surface area contributed by atoms with Gasteiger partial charge in [0.15, 0.2) is 11.2 Å². The van der Waals surface area contributed by atoms with Crippen LogP contribution >= 0.6 is 0 Å². The SMILES string of the molecule is COCc1nn2c(nnc3c(=O)n(CCc4c[nH]c5ccc(F)cc45)ccc32)c1-c1ccccc1. The highest BCUT2D eigenvalue weighted by atomic mass is 19.1. The first-order valence-electron chi connectivity index (χ1n) is 11.2. The summed E-state index contributed by atoms with van der Waals surface area (Å²) in [4.78, 5) is 16.4. The monoisotopic (exact) mass is 468 g/mol. The molecule has 6 rings (SSSR count). The van der Waals surface area contributed by atoms with Crippen LogP contribution in [0.2, 0.25) is 0 Å². The number of pyridine rings is 1. The Morgan fingerprint density at radius 1 is 1.09 bits per heavy atom. The van der Waals surface area contributed by atoms with Crippen molar-refractivity contribution in [3.63, 3.8) is 0 Å². The number of nitrogens with one attached hydrogen (secondary N) is 1. The zero-order chi connectivity index (χ0) is 23.9. The third-order valence-electron chi connectivity index (χ3n) is 6.22. The van der Waals surface area contributed by atoms with Crippen molar-refractivity contribution in [3.05, 3.63) is 94.4 Å². The highest BCUT2D eigenvalue weighted by Crippen LogP contribution is 2.29. The van der Waals surface area contributed by atoms with Crippen LogP contribution in [-0.4, -0.2) is 36.5 Å². The Hall–Kier alpha value is -4.37. The molecule has 0 amide bonds. The molecule has 0 radical (unpaired) electrons. The number of fused-ring (bicyclic) bond motifs is 4. The number of rotatable bonds is 6. The zero-order valence-corrected chi connectivity index (χ0v) is 18.9. The van der Waals surface area contributed by atoms with Gasteiger partial charge in [-0.15, -0.1) is 10.2 Å². The summed E-state index contributed by atoms with van der Waals surface area (Å²) in [5.41, 5.74) is 5.42. The van der Waals surface area contributed by atoms with Crippen molar-refractivity contribution in [2.75, 3.05) is 7.11 Å². The molecule has 174 valence electrons. The van der Waals surface area contributed by atoms with Gasteiger partial charge < -0.3 is 14.3 Å². The number of H-pyrrole nitrogens is 1. The molecule has 1 N–H and O–H groups in total. The Kier molecular flexibility index (Phi) is 5.11. The number of halogens is 1. The van der Waals surface area contributed by atoms with Crippen molar-refractivity contribution in [2.24, 2.45) is 0 Å². The second kappa shape index (κ2) is 8.44. The minimum absolute atomic E-state index is 0.232. The fourth-order valence-corrected chi connectivity index (χ4v) is 4.54. The number of methoxy groups -OCH3 is 1. The molecule has 0 bridgehead atoms. The summed E-state index contributed by atoms with van der Waals surface area (Å²) in [6.07, 6.45) is 4.15. The molecule has 0 aliphatic rings. The number of nitrogens with zero attached hydrogens (tertiary/aromatic N) is 5. The lowest BCUT2D eigenvalue weighted by Gasteiger charge is -2.07. The standard InChI is InChI=1S/C26H21FN6O2/c1-35-15-21-23(16-5-3-2-4-6-16)25-30-29-24-22(33(25)31-21)10-12-32(26(24)34)11-9-17-14-28-20-8-7-18(27)13-19(17)20/h2-8,10,12-14,28H,9,11,15H2,1H3. The molecule has 6 aromatic rings. The molecule has 0 saturated carbocycles. The minimum Gasteiger partial charge on any atom is -0.378 e. The lowest BCUT2D eigenvalue weighted by atomic mass is 10.1. The van der Waals surface area contributed by atoms with E-state index in [1.807, 2.05) is 42.6 Å². The number of hydrogen-bond acceptors (Lipinski definition) is 5. The van der Waals surface area contributed by atoms with Gasteiger partial charge in [0.25, 0.3) is 5.56 Å². The molecule has 35 heavy (non-hydrogen) atoms. The van der Waals surface area contributed by atoms with Gasteiger partial charge in [-0.3, -0.25) is 4.79 Å². The summed E-state index contributed by atoms with van der Waals surface area (Å²) in [6, 6.07) is 16.3. The van der Waals surface area contributed by atoms with Gasteiger partial charge in [-0.1, -0.05) is 30.3 Å². The highest BCUT2D eigenvalue weighted by Gasteiger charge is 2.19. The van der Waals surface area contributed by atoms with Crippen molar-refractivity contribution in [1.29, 1.82) is 0 Å². The van der Waals surface area contributed by atoms with E-state index in [1.54, 1.807) is 28.5 Å². The Bertz CT molecular complexity index is 1750. The third kappa shape index (κ3) is 3.57. The van der Waals surface area contributed by atoms with Crippen LogP contribution in [0, 0.1) is 5.82 Å². The Morgan fingerprint density at radius 2 is 1.94 bits per heavy atom. The van der Waals surface area contributed by atoms with Crippen molar-refractivity contribution in [3.8, 4) is 11.1 Å². The predicted octanol–water partition coefficient (Wildman–Crippen LogP) is 4.12. The first-order chi connectivity index (χ1) is 17.1. The van der Waals surface area contributed by atoms with E-state index in [4.69, 9.17) is 9.84 Å². The van der Waals surface area contributed by atoms with E-state index in [0.717, 1.165) is 33.3 Å². The smallest absolute Gasteiger partial charge is 0.280 e. The lowest BCUT2D eigenvalue weighted by molar-refractivity contribution is 0.181. The fourth-order valence-electron chi connectivity index (χ4n) is 4.54. The summed E-state index contributed by atoms with van der Waals surface area (Å²) in [5, 5.41) is 14.2. The van der Waals surface area contributed by atoms with Crippen LogP contribution in [0.5, 0.6) is 0 Å². The van der Waals surface area contributed by atoms with Crippen LogP contribution in [0.4, 0.5) is 4.39 Å². The normalized spacial score (nSPS) is 11.7. The molecule has 9 heteroatoms. The summed E-state index contributed by atoms with van der Waals surface area (Å²) in [5.74, 6) is -0.289. The van der Waals surface area contributed by atoms with Gasteiger partial charge in [-0.2, -0.15) is 5.10 Å². The Labute approximate surface area is 198 Å². The van der Waals surface area contributed by atoms with E-state index in [9.17, 15) is 9.18 Å². The summed E-state index contributed by atoms with van der Waals surface area (Å²) >= 11 is 0. The number of hydrogen-bond donors (Lipinski definition) is 1. The number of benzene rings is 2. The van der Waals surface area contributed by atoms with E-state index in [-0.39, 0.29) is 16.9 Å². The minimum atomic E-state index is -0.289. The molecule has 0 unspecified atom stereocenters. The summed E-state index contributed by atoms with van der Waals surface area (Å²) in [6.45, 7) is 0.721. The van der Waals surface area contributed by atoms with Crippen LogP contribution < -0.4 is 5.56 Å². The molecule has 4 heterocycles. The molecule has 2 aromatic carbocycles. The number of aryl methyl sites for hydroxylation is 2. The molecule has 0 fully saturated rings. The summed E-state index contributed by atoms with van der Waals surface area (Å²) in [7, 11) is 1.61. The molecular formula is C26H21FN6O2. The number of ether oxygens (including phenoxy) is 1. The second-order valence-electron chi connectivity index (χ2n) is 8.36. The van der Waals surface area contributed by atoms with E-state index in [2.05, 4.69) is 15.2 Å². The van der Waals surface area contributed by atoms with E-state index < -0.39 is 0 Å². The number of aromatic nitrogens is 6. The maximum Gasteiger partial charge on any atom is 0.280 e. The Balaban J connectivity index is 1.41. The van der Waals surface area contributed by atoms with Gasteiger partial charge in [0.1, 0.15) is 11.3 Å². The van der Waals surface area contributed by atoms with Crippen molar-refractivity contribution < 1.29 is 9.13 Å². The van der Waals surface area contributed by atoms with Crippen molar-refractivity contribution in [1.82, 2.24) is 29.4 Å². The topological polar surface area (TPSA) is 90.1 Å². The average molecular weight is 468 g/mol. The zero-order valence-electron chi connectivity index (χ0n) is 18.9. The van der Waals surface area contributed by atoms with E-state index >= 15 is 0 Å². The molecule has 0 aliphatic carbocycles. The molecule has 0 atom stereocenters. The van der Waals surface area contributed by atoms with Crippen LogP contribution in [0.1, 0.15) is 11.3 Å². The fraction of sp³-hybridized carbons (Fsp3) is 0.154. The molecule has 0 aliphatic heterocycles. The van der Waals surface area contributed by atoms with Crippen LogP contribution in [0.3, 0.4) is 0 Å². The van der Waals surface area contributed by atoms with Gasteiger partial charge in [-0.25, -0.2) is 8.91 Å². The molecule has 4 aromatic heterocycles. The maximum atomic E-state index is 13.7. The first-order valence-corrected chi connectivity index (χ1v) is 11.2. The van der Waals surface area contributed by atoms with Gasteiger partial charge >= 0.3 is 0 Å². The van der Waals surface area contributed by atoms with Crippen LogP contribution in [-0.2, 0) is 24.3 Å². The van der Waals surface area contributed by atoms with E-state index in [1.165, 1.54) is 12.1 Å². The maximum absolute atomic E-state index is 13.7. The highest BCUT2D eigenvalue weighted by molar-refractivity contribution is 5.85. The lowest BCUT2D eigenvalue weighted by Crippen LogP contribution is -2.22. The molecular weight excluding hydrogens is 447 g/mol.